The molecule has 0 saturated heterocycles. The van der Waals surface area contributed by atoms with Gasteiger partial charge in [0, 0.05) is 31.2 Å². The minimum Gasteiger partial charge on any atom is -0.473 e. The zero-order chi connectivity index (χ0) is 19.3. The number of ether oxygens (including phenoxy) is 1. The summed E-state index contributed by atoms with van der Waals surface area (Å²) >= 11 is 0. The average Bonchev–Trinajstić information content (AvgIpc) is 3.07. The van der Waals surface area contributed by atoms with Gasteiger partial charge in [-0.05, 0) is 30.2 Å². The fourth-order valence-corrected chi connectivity index (χ4v) is 2.90. The third-order valence-corrected chi connectivity index (χ3v) is 4.28. The Morgan fingerprint density at radius 1 is 1.07 bits per heavy atom. The third-order valence-electron chi connectivity index (χ3n) is 4.28. The Hall–Kier alpha value is -3.74. The van der Waals surface area contributed by atoms with Crippen molar-refractivity contribution in [2.75, 3.05) is 0 Å². The number of rotatable bonds is 6. The summed E-state index contributed by atoms with van der Waals surface area (Å²) in [5, 5.41) is 7.24. The first-order valence-corrected chi connectivity index (χ1v) is 8.90. The minimum atomic E-state index is -0.213. The molecular formula is C21H19N5O2. The molecule has 3 aromatic heterocycles. The number of pyridine rings is 1. The number of nitrogens with zero attached hydrogens (tertiary/aromatic N) is 4. The first-order chi connectivity index (χ1) is 13.7. The molecule has 0 aliphatic rings. The summed E-state index contributed by atoms with van der Waals surface area (Å²) < 4.78 is 7.34. The van der Waals surface area contributed by atoms with Crippen LogP contribution in [0.5, 0.6) is 5.88 Å². The molecule has 0 aliphatic heterocycles. The third kappa shape index (κ3) is 3.83. The van der Waals surface area contributed by atoms with Crippen LogP contribution in [-0.4, -0.2) is 25.5 Å². The molecule has 1 N–H and O–H groups in total. The lowest BCUT2D eigenvalue weighted by Gasteiger charge is -2.08. The monoisotopic (exact) mass is 373 g/mol. The topological polar surface area (TPSA) is 81.4 Å². The maximum absolute atomic E-state index is 12.7. The van der Waals surface area contributed by atoms with Gasteiger partial charge < -0.3 is 10.1 Å². The van der Waals surface area contributed by atoms with Gasteiger partial charge in [0.05, 0.1) is 5.69 Å². The quantitative estimate of drug-likeness (QED) is 0.562. The van der Waals surface area contributed by atoms with Gasteiger partial charge in [0.1, 0.15) is 12.2 Å². The van der Waals surface area contributed by atoms with Crippen LogP contribution in [0, 0.1) is 6.92 Å². The molecule has 7 heteroatoms. The van der Waals surface area contributed by atoms with E-state index in [0.29, 0.717) is 35.9 Å². The lowest BCUT2D eigenvalue weighted by molar-refractivity contribution is 0.0951. The second-order valence-electron chi connectivity index (χ2n) is 6.31. The molecule has 3 heterocycles. The number of carbonyl (C=O) groups is 1. The van der Waals surface area contributed by atoms with E-state index in [2.05, 4.69) is 20.4 Å². The first kappa shape index (κ1) is 17.7. The Morgan fingerprint density at radius 3 is 2.79 bits per heavy atom. The molecule has 4 rings (SSSR count). The van der Waals surface area contributed by atoms with Crippen LogP contribution in [0.3, 0.4) is 0 Å². The molecule has 28 heavy (non-hydrogen) atoms. The smallest absolute Gasteiger partial charge is 0.257 e. The van der Waals surface area contributed by atoms with Gasteiger partial charge in [-0.1, -0.05) is 30.3 Å². The molecule has 1 amide bonds. The molecule has 0 radical (unpaired) electrons. The molecule has 0 spiro atoms. The Kier molecular flexibility index (Phi) is 4.97. The van der Waals surface area contributed by atoms with E-state index in [1.807, 2.05) is 42.5 Å². The van der Waals surface area contributed by atoms with E-state index in [-0.39, 0.29) is 5.91 Å². The summed E-state index contributed by atoms with van der Waals surface area (Å²) in [5.74, 6) is 0.305. The van der Waals surface area contributed by atoms with Gasteiger partial charge in [-0.2, -0.15) is 5.10 Å². The maximum Gasteiger partial charge on any atom is 0.257 e. The second kappa shape index (κ2) is 7.87. The van der Waals surface area contributed by atoms with E-state index in [0.717, 1.165) is 11.1 Å². The molecule has 140 valence electrons. The van der Waals surface area contributed by atoms with Crippen molar-refractivity contribution in [1.29, 1.82) is 0 Å². The van der Waals surface area contributed by atoms with Crippen LogP contribution < -0.4 is 10.1 Å². The highest BCUT2D eigenvalue weighted by Crippen LogP contribution is 2.14. The van der Waals surface area contributed by atoms with Crippen molar-refractivity contribution in [3.8, 4) is 5.88 Å². The average molecular weight is 373 g/mol. The predicted octanol–water partition coefficient (Wildman–Crippen LogP) is 2.94. The normalized spacial score (nSPS) is 10.8. The number of aromatic nitrogens is 4. The van der Waals surface area contributed by atoms with Crippen molar-refractivity contribution in [2.24, 2.45) is 0 Å². The van der Waals surface area contributed by atoms with E-state index < -0.39 is 0 Å². The first-order valence-electron chi connectivity index (χ1n) is 8.90. The fraction of sp³-hybridized carbons (Fsp3) is 0.143. The Bertz CT molecular complexity index is 1110. The van der Waals surface area contributed by atoms with Crippen LogP contribution in [0.4, 0.5) is 0 Å². The molecule has 7 nitrogen and oxygen atoms in total. The fourth-order valence-electron chi connectivity index (χ4n) is 2.90. The zero-order valence-corrected chi connectivity index (χ0v) is 15.4. The van der Waals surface area contributed by atoms with E-state index in [1.165, 1.54) is 0 Å². The minimum absolute atomic E-state index is 0.213. The number of hydrogen-bond donors (Lipinski definition) is 1. The van der Waals surface area contributed by atoms with Crippen molar-refractivity contribution in [3.05, 3.63) is 89.5 Å². The van der Waals surface area contributed by atoms with Crippen molar-refractivity contribution in [1.82, 2.24) is 24.9 Å². The second-order valence-corrected chi connectivity index (χ2v) is 6.31. The Labute approximate surface area is 162 Å². The summed E-state index contributed by atoms with van der Waals surface area (Å²) in [7, 11) is 0. The molecule has 0 bridgehead atoms. The lowest BCUT2D eigenvalue weighted by Crippen LogP contribution is -2.23. The molecule has 0 aliphatic carbocycles. The zero-order valence-electron chi connectivity index (χ0n) is 15.4. The molecule has 4 aromatic rings. The van der Waals surface area contributed by atoms with Crippen molar-refractivity contribution in [3.63, 3.8) is 0 Å². The van der Waals surface area contributed by atoms with Crippen LogP contribution in [-0.2, 0) is 13.2 Å². The van der Waals surface area contributed by atoms with Crippen LogP contribution in [0.1, 0.15) is 27.2 Å². The largest absolute Gasteiger partial charge is 0.473 e. The van der Waals surface area contributed by atoms with E-state index in [4.69, 9.17) is 4.74 Å². The molecular weight excluding hydrogens is 354 g/mol. The van der Waals surface area contributed by atoms with Gasteiger partial charge in [-0.15, -0.1) is 0 Å². The Balaban J connectivity index is 1.42. The predicted molar refractivity (Wildman–Crippen MR) is 104 cm³/mol. The highest BCUT2D eigenvalue weighted by atomic mass is 16.5. The summed E-state index contributed by atoms with van der Waals surface area (Å²) in [6, 6.07) is 15.3. The summed E-state index contributed by atoms with van der Waals surface area (Å²) in [6.07, 6.45) is 5.09. The number of carbonyl (C=O) groups excluding carboxylic acids is 1. The van der Waals surface area contributed by atoms with Crippen LogP contribution in [0.25, 0.3) is 5.65 Å². The molecule has 0 unspecified atom stereocenters. The van der Waals surface area contributed by atoms with Gasteiger partial charge in [-0.25, -0.2) is 14.5 Å². The SMILES string of the molecule is Cc1nn2cccnc2c1C(=O)NCc1ccnc(OCc2ccccc2)c1. The highest BCUT2D eigenvalue weighted by molar-refractivity contribution is 6.00. The van der Waals surface area contributed by atoms with Crippen LogP contribution in [0.15, 0.2) is 67.1 Å². The van der Waals surface area contributed by atoms with Gasteiger partial charge >= 0.3 is 0 Å². The summed E-state index contributed by atoms with van der Waals surface area (Å²) in [5.41, 5.74) is 3.62. The van der Waals surface area contributed by atoms with Crippen molar-refractivity contribution >= 4 is 11.6 Å². The van der Waals surface area contributed by atoms with Crippen LogP contribution in [0.2, 0.25) is 0 Å². The van der Waals surface area contributed by atoms with Crippen molar-refractivity contribution < 1.29 is 9.53 Å². The number of nitrogens with one attached hydrogen (secondary N) is 1. The molecule has 1 aromatic carbocycles. The van der Waals surface area contributed by atoms with E-state index in [9.17, 15) is 4.79 Å². The molecule has 0 atom stereocenters. The summed E-state index contributed by atoms with van der Waals surface area (Å²) in [4.78, 5) is 21.1. The molecule has 0 saturated carbocycles. The number of fused-ring (bicyclic) bond motifs is 1. The van der Waals surface area contributed by atoms with Crippen molar-refractivity contribution in [2.45, 2.75) is 20.1 Å². The van der Waals surface area contributed by atoms with Gasteiger partial charge in [-0.3, -0.25) is 4.79 Å². The van der Waals surface area contributed by atoms with Gasteiger partial charge in [0.2, 0.25) is 5.88 Å². The summed E-state index contributed by atoms with van der Waals surface area (Å²) in [6.45, 7) is 2.59. The van der Waals surface area contributed by atoms with E-state index >= 15 is 0 Å². The standard InChI is InChI=1S/C21H19N5O2/c1-15-19(20-23-9-5-11-26(20)25-15)21(27)24-13-17-8-10-22-18(12-17)28-14-16-6-3-2-4-7-16/h2-12H,13-14H2,1H3,(H,24,27). The molecule has 0 fully saturated rings. The lowest BCUT2D eigenvalue weighted by atomic mass is 10.2. The maximum atomic E-state index is 12.7. The number of hydrogen-bond acceptors (Lipinski definition) is 5. The number of benzene rings is 1. The number of aryl methyl sites for hydroxylation is 1. The van der Waals surface area contributed by atoms with E-state index in [1.54, 1.807) is 36.1 Å². The highest BCUT2D eigenvalue weighted by Gasteiger charge is 2.17. The Morgan fingerprint density at radius 2 is 1.93 bits per heavy atom. The van der Waals surface area contributed by atoms with Gasteiger partial charge in [0.25, 0.3) is 5.91 Å². The number of amides is 1. The van der Waals surface area contributed by atoms with Gasteiger partial charge in [0.15, 0.2) is 5.65 Å². The van der Waals surface area contributed by atoms with Crippen LogP contribution >= 0.6 is 0 Å².